The molecule has 3 aromatic carbocycles. The van der Waals surface area contributed by atoms with E-state index in [0.29, 0.717) is 32.7 Å². The molecule has 1 aromatic heterocycles. The summed E-state index contributed by atoms with van der Waals surface area (Å²) in [6.07, 6.45) is 0. The molecule has 4 aromatic rings. The molecule has 2 aliphatic heterocycles. The van der Waals surface area contributed by atoms with Crippen LogP contribution in [-0.2, 0) is 4.79 Å². The molecule has 7 heteroatoms. The normalized spacial score (nSPS) is 19.8. The SMILES string of the molecule is CC(NC(=O)C1c2ccccc2C(=O)N(C)C1c1c[pH]c2ccccc12)c1ccc2c(c1)OCCO2. The Morgan fingerprint density at radius 3 is 2.61 bits per heavy atom. The highest BCUT2D eigenvalue weighted by molar-refractivity contribution is 7.36. The topological polar surface area (TPSA) is 67.9 Å². The molecule has 4 atom stereocenters. The van der Waals surface area contributed by atoms with Gasteiger partial charge in [0.2, 0.25) is 5.91 Å². The van der Waals surface area contributed by atoms with Crippen LogP contribution in [0.3, 0.4) is 0 Å². The predicted molar refractivity (Wildman–Crippen MR) is 141 cm³/mol. The predicted octanol–water partition coefficient (Wildman–Crippen LogP) is 5.43. The Morgan fingerprint density at radius 2 is 1.75 bits per heavy atom. The van der Waals surface area contributed by atoms with E-state index in [-0.39, 0.29) is 17.9 Å². The highest BCUT2D eigenvalue weighted by Gasteiger charge is 2.43. The minimum atomic E-state index is -0.536. The van der Waals surface area contributed by atoms with Crippen molar-refractivity contribution in [3.05, 3.63) is 94.8 Å². The number of fused-ring (bicyclic) bond motifs is 3. The number of amides is 2. The molecule has 2 amide bonds. The van der Waals surface area contributed by atoms with E-state index < -0.39 is 12.0 Å². The molecule has 36 heavy (non-hydrogen) atoms. The molecule has 6 rings (SSSR count). The molecule has 4 unspecified atom stereocenters. The van der Waals surface area contributed by atoms with E-state index in [1.54, 1.807) is 11.9 Å². The maximum atomic E-state index is 14.0. The minimum absolute atomic E-state index is 0.0619. The first-order valence-electron chi connectivity index (χ1n) is 12.1. The van der Waals surface area contributed by atoms with Crippen LogP contribution in [0.5, 0.6) is 11.5 Å². The zero-order valence-corrected chi connectivity index (χ0v) is 21.2. The summed E-state index contributed by atoms with van der Waals surface area (Å²) in [5.41, 5.74) is 3.33. The van der Waals surface area contributed by atoms with Crippen LogP contribution in [0.4, 0.5) is 0 Å². The van der Waals surface area contributed by atoms with E-state index >= 15 is 0 Å². The van der Waals surface area contributed by atoms with Crippen molar-refractivity contribution < 1.29 is 19.1 Å². The highest BCUT2D eigenvalue weighted by atomic mass is 31.0. The van der Waals surface area contributed by atoms with Crippen molar-refractivity contribution in [1.82, 2.24) is 10.2 Å². The molecule has 0 saturated carbocycles. The smallest absolute Gasteiger partial charge is 0.254 e. The van der Waals surface area contributed by atoms with Gasteiger partial charge in [-0.1, -0.05) is 48.5 Å². The van der Waals surface area contributed by atoms with E-state index in [1.165, 1.54) is 5.12 Å². The van der Waals surface area contributed by atoms with E-state index in [0.717, 1.165) is 27.8 Å². The molecule has 2 aliphatic rings. The molecule has 0 fully saturated rings. The Balaban J connectivity index is 1.39. The number of likely N-dealkylation sites (N-methyl/N-ethyl adjacent to an activating group) is 1. The Morgan fingerprint density at radius 1 is 1.00 bits per heavy atom. The largest absolute Gasteiger partial charge is 0.486 e. The first kappa shape index (κ1) is 22.7. The third-order valence-electron chi connectivity index (χ3n) is 7.23. The molecular formula is C29H27N2O4P. The summed E-state index contributed by atoms with van der Waals surface area (Å²) in [6, 6.07) is 20.9. The van der Waals surface area contributed by atoms with Crippen LogP contribution < -0.4 is 14.8 Å². The number of carbonyl (C=O) groups excluding carboxylic acids is 2. The quantitative estimate of drug-likeness (QED) is 0.408. The highest BCUT2D eigenvalue weighted by Crippen LogP contribution is 2.46. The Hall–Kier alpha value is -3.76. The number of hydrogen-bond acceptors (Lipinski definition) is 4. The van der Waals surface area contributed by atoms with Crippen molar-refractivity contribution in [2.45, 2.75) is 24.9 Å². The molecule has 6 nitrogen and oxygen atoms in total. The van der Waals surface area contributed by atoms with Crippen molar-refractivity contribution in [1.29, 1.82) is 0 Å². The van der Waals surface area contributed by atoms with E-state index in [2.05, 4.69) is 23.2 Å². The molecule has 0 spiro atoms. The molecular weight excluding hydrogens is 471 g/mol. The molecule has 182 valence electrons. The number of benzene rings is 3. The lowest BCUT2D eigenvalue weighted by Crippen LogP contribution is -2.46. The Bertz CT molecular complexity index is 1480. The molecule has 1 N–H and O–H groups in total. The van der Waals surface area contributed by atoms with Gasteiger partial charge >= 0.3 is 0 Å². The molecule has 0 saturated heterocycles. The third kappa shape index (κ3) is 3.73. The second-order valence-corrected chi connectivity index (χ2v) is 10.5. The first-order valence-corrected chi connectivity index (χ1v) is 13.2. The van der Waals surface area contributed by atoms with Crippen LogP contribution in [0.1, 0.15) is 52.0 Å². The Labute approximate surface area is 211 Å². The van der Waals surface area contributed by atoms with Crippen LogP contribution in [0, 0.1) is 0 Å². The van der Waals surface area contributed by atoms with Gasteiger partial charge in [-0.05, 0) is 58.1 Å². The lowest BCUT2D eigenvalue weighted by molar-refractivity contribution is -0.124. The van der Waals surface area contributed by atoms with Crippen molar-refractivity contribution in [3.63, 3.8) is 0 Å². The fourth-order valence-corrected chi connectivity index (χ4v) is 6.61. The summed E-state index contributed by atoms with van der Waals surface area (Å²) in [7, 11) is 2.32. The standard InChI is InChI=1S/C29H27N2O4P/c1-17(18-11-12-23-24(15-18)35-14-13-34-23)30-28(32)26-20-8-3-4-9-21(20)29(33)31(2)27(26)22-16-36-25-10-6-5-7-19(22)25/h3-12,15-17,26-27,36H,13-14H2,1-2H3,(H,30,32). The van der Waals surface area contributed by atoms with Gasteiger partial charge in [0.1, 0.15) is 13.2 Å². The Kier molecular flexibility index (Phi) is 5.69. The van der Waals surface area contributed by atoms with Gasteiger partial charge in [0.15, 0.2) is 11.5 Å². The van der Waals surface area contributed by atoms with Gasteiger partial charge in [-0.2, -0.15) is 0 Å². The second kappa shape index (κ2) is 9.03. The number of ether oxygens (including phenoxy) is 2. The van der Waals surface area contributed by atoms with Crippen molar-refractivity contribution in [2.75, 3.05) is 20.3 Å². The van der Waals surface area contributed by atoms with Crippen molar-refractivity contribution in [3.8, 4) is 11.5 Å². The maximum Gasteiger partial charge on any atom is 0.254 e. The number of hydrogen-bond donors (Lipinski definition) is 1. The van der Waals surface area contributed by atoms with Crippen LogP contribution in [-0.4, -0.2) is 37.0 Å². The zero-order valence-electron chi connectivity index (χ0n) is 20.2. The number of carbonyl (C=O) groups is 2. The second-order valence-electron chi connectivity index (χ2n) is 9.35. The average Bonchev–Trinajstić information content (AvgIpc) is 3.34. The first-order chi connectivity index (χ1) is 17.5. The number of rotatable bonds is 4. The summed E-state index contributed by atoms with van der Waals surface area (Å²) in [5, 5.41) is 5.60. The summed E-state index contributed by atoms with van der Waals surface area (Å²) in [4.78, 5) is 29.2. The lowest BCUT2D eigenvalue weighted by atomic mass is 9.79. The van der Waals surface area contributed by atoms with Crippen LogP contribution in [0.2, 0.25) is 0 Å². The van der Waals surface area contributed by atoms with E-state index in [9.17, 15) is 9.59 Å². The van der Waals surface area contributed by atoms with Crippen LogP contribution in [0.25, 0.3) is 10.5 Å². The minimum Gasteiger partial charge on any atom is -0.486 e. The van der Waals surface area contributed by atoms with Gasteiger partial charge in [-0.25, -0.2) is 0 Å². The lowest BCUT2D eigenvalue weighted by Gasteiger charge is -2.40. The van der Waals surface area contributed by atoms with Crippen molar-refractivity contribution >= 4 is 30.5 Å². The molecule has 3 heterocycles. The monoisotopic (exact) mass is 498 g/mol. The van der Waals surface area contributed by atoms with E-state index in [1.807, 2.05) is 61.5 Å². The summed E-state index contributed by atoms with van der Waals surface area (Å²) < 4.78 is 11.4. The van der Waals surface area contributed by atoms with Crippen molar-refractivity contribution in [2.24, 2.45) is 0 Å². The fraction of sp³-hybridized carbons (Fsp3) is 0.241. The fourth-order valence-electron chi connectivity index (χ4n) is 5.40. The van der Waals surface area contributed by atoms with Crippen LogP contribution in [0.15, 0.2) is 72.5 Å². The van der Waals surface area contributed by atoms with Gasteiger partial charge in [0.25, 0.3) is 5.91 Å². The molecule has 0 aliphatic carbocycles. The number of nitrogens with zero attached hydrogens (tertiary/aromatic N) is 1. The average molecular weight is 499 g/mol. The van der Waals surface area contributed by atoms with Gasteiger partial charge < -0.3 is 19.7 Å². The van der Waals surface area contributed by atoms with Gasteiger partial charge in [-0.3, -0.25) is 9.59 Å². The summed E-state index contributed by atoms with van der Waals surface area (Å²) >= 11 is 0. The van der Waals surface area contributed by atoms with E-state index in [4.69, 9.17) is 9.47 Å². The van der Waals surface area contributed by atoms with Gasteiger partial charge in [-0.15, -0.1) is 8.19 Å². The maximum absolute atomic E-state index is 14.0. The zero-order chi connectivity index (χ0) is 24.8. The number of nitrogens with one attached hydrogen (secondary N) is 1. The third-order valence-corrected chi connectivity index (χ3v) is 8.43. The van der Waals surface area contributed by atoms with Gasteiger partial charge in [0, 0.05) is 12.6 Å². The summed E-state index contributed by atoms with van der Waals surface area (Å²) in [6.45, 7) is 3.01. The van der Waals surface area contributed by atoms with Gasteiger partial charge in [0.05, 0.1) is 18.0 Å². The summed E-state index contributed by atoms with van der Waals surface area (Å²) in [5.74, 6) is 2.90. The molecule has 0 bridgehead atoms. The molecule has 0 radical (unpaired) electrons. The van der Waals surface area contributed by atoms with Crippen LogP contribution >= 0.6 is 8.19 Å².